The number of benzene rings is 1. The summed E-state index contributed by atoms with van der Waals surface area (Å²) in [5, 5.41) is 3.12. The van der Waals surface area contributed by atoms with E-state index in [1.165, 1.54) is 13.4 Å². The van der Waals surface area contributed by atoms with Crippen molar-refractivity contribution in [2.75, 3.05) is 32.1 Å². The molecule has 0 unspecified atom stereocenters. The summed E-state index contributed by atoms with van der Waals surface area (Å²) in [6.45, 7) is 0. The van der Waals surface area contributed by atoms with E-state index in [0.29, 0.717) is 34.6 Å². The monoisotopic (exact) mass is 291 g/mol. The van der Waals surface area contributed by atoms with Gasteiger partial charge in [0.2, 0.25) is 5.75 Å². The summed E-state index contributed by atoms with van der Waals surface area (Å²) in [7, 11) is 4.68. The first-order chi connectivity index (χ1) is 10.2. The van der Waals surface area contributed by atoms with Crippen LogP contribution >= 0.6 is 0 Å². The molecule has 0 aliphatic carbocycles. The summed E-state index contributed by atoms with van der Waals surface area (Å²) in [6.07, 6.45) is 1.37. The fourth-order valence-corrected chi connectivity index (χ4v) is 1.80. The lowest BCUT2D eigenvalue weighted by Gasteiger charge is -2.15. The number of rotatable bonds is 6. The van der Waals surface area contributed by atoms with Gasteiger partial charge in [-0.3, -0.25) is 0 Å². The summed E-state index contributed by atoms with van der Waals surface area (Å²) in [5.41, 5.74) is 3.13. The van der Waals surface area contributed by atoms with Gasteiger partial charge in [0.25, 0.3) is 0 Å². The number of hydrogen-bond acceptors (Lipinski definition) is 8. The zero-order chi connectivity index (χ0) is 15.2. The van der Waals surface area contributed by atoms with Crippen LogP contribution in [0.3, 0.4) is 0 Å². The van der Waals surface area contributed by atoms with Gasteiger partial charge in [0.15, 0.2) is 11.6 Å². The van der Waals surface area contributed by atoms with E-state index in [-0.39, 0.29) is 0 Å². The summed E-state index contributed by atoms with van der Waals surface area (Å²) < 4.78 is 15.8. The zero-order valence-electron chi connectivity index (χ0n) is 12.0. The van der Waals surface area contributed by atoms with Gasteiger partial charge in [-0.05, 0) is 12.1 Å². The Balaban J connectivity index is 2.42. The Bertz CT molecular complexity index is 621. The lowest BCUT2D eigenvalue weighted by molar-refractivity contribution is 0.404. The number of anilines is 3. The number of nitrogen functional groups attached to an aromatic ring is 1. The minimum atomic E-state index is 0.372. The van der Waals surface area contributed by atoms with Crippen LogP contribution in [0.1, 0.15) is 0 Å². The summed E-state index contributed by atoms with van der Waals surface area (Å²) in [6, 6.07) is 5.38. The number of hydrogen-bond donors (Lipinski definition) is 3. The highest BCUT2D eigenvalue weighted by molar-refractivity contribution is 5.73. The Morgan fingerprint density at radius 1 is 1.00 bits per heavy atom. The zero-order valence-corrected chi connectivity index (χ0v) is 12.0. The van der Waals surface area contributed by atoms with Gasteiger partial charge in [-0.2, -0.15) is 0 Å². The smallest absolute Gasteiger partial charge is 0.205 e. The van der Waals surface area contributed by atoms with E-state index in [1.54, 1.807) is 32.4 Å². The van der Waals surface area contributed by atoms with Crippen LogP contribution in [0.15, 0.2) is 24.5 Å². The number of aromatic nitrogens is 2. The van der Waals surface area contributed by atoms with E-state index in [4.69, 9.17) is 20.1 Å². The van der Waals surface area contributed by atoms with Crippen LogP contribution in [0, 0.1) is 0 Å². The molecule has 0 saturated carbocycles. The van der Waals surface area contributed by atoms with Crippen LogP contribution in [0.5, 0.6) is 17.2 Å². The van der Waals surface area contributed by atoms with Crippen molar-refractivity contribution in [2.45, 2.75) is 0 Å². The SMILES string of the molecule is COc1ccc(OC)c(Nc2ncnc(NN)c2OC)c1. The topological polar surface area (TPSA) is 104 Å². The van der Waals surface area contributed by atoms with Crippen molar-refractivity contribution in [3.63, 3.8) is 0 Å². The molecule has 8 heteroatoms. The van der Waals surface area contributed by atoms with E-state index in [1.807, 2.05) is 0 Å². The molecule has 2 rings (SSSR count). The Kier molecular flexibility index (Phi) is 4.62. The van der Waals surface area contributed by atoms with Gasteiger partial charge in [-0.1, -0.05) is 0 Å². The molecule has 0 amide bonds. The van der Waals surface area contributed by atoms with Crippen LogP contribution in [0.4, 0.5) is 17.3 Å². The second kappa shape index (κ2) is 6.62. The highest BCUT2D eigenvalue weighted by Crippen LogP contribution is 2.35. The van der Waals surface area contributed by atoms with Crippen molar-refractivity contribution in [3.05, 3.63) is 24.5 Å². The van der Waals surface area contributed by atoms with Crippen LogP contribution in [-0.2, 0) is 0 Å². The largest absolute Gasteiger partial charge is 0.497 e. The number of nitrogens with one attached hydrogen (secondary N) is 2. The molecule has 0 atom stereocenters. The van der Waals surface area contributed by atoms with Gasteiger partial charge in [0.1, 0.15) is 17.8 Å². The molecule has 1 aromatic heterocycles. The molecule has 2 aromatic rings. The average Bonchev–Trinajstić information content (AvgIpc) is 2.54. The van der Waals surface area contributed by atoms with Crippen molar-refractivity contribution < 1.29 is 14.2 Å². The highest BCUT2D eigenvalue weighted by Gasteiger charge is 2.14. The minimum Gasteiger partial charge on any atom is -0.497 e. The fraction of sp³-hybridized carbons (Fsp3) is 0.231. The van der Waals surface area contributed by atoms with Gasteiger partial charge in [0, 0.05) is 6.07 Å². The van der Waals surface area contributed by atoms with Crippen LogP contribution in [0.2, 0.25) is 0 Å². The van der Waals surface area contributed by atoms with Gasteiger partial charge >= 0.3 is 0 Å². The molecule has 0 saturated heterocycles. The molecule has 1 heterocycles. The Morgan fingerprint density at radius 3 is 2.38 bits per heavy atom. The third kappa shape index (κ3) is 3.06. The van der Waals surface area contributed by atoms with E-state index in [2.05, 4.69) is 20.7 Å². The standard InChI is InChI=1S/C13H17N5O3/c1-19-8-4-5-10(20-2)9(6-8)17-12-11(21-3)13(18-14)16-7-15-12/h4-7H,14H2,1-3H3,(H2,15,16,17,18). The van der Waals surface area contributed by atoms with E-state index in [0.717, 1.165) is 0 Å². The normalized spacial score (nSPS) is 9.90. The van der Waals surface area contributed by atoms with Crippen molar-refractivity contribution in [1.82, 2.24) is 9.97 Å². The maximum atomic E-state index is 5.40. The van der Waals surface area contributed by atoms with Crippen molar-refractivity contribution in [2.24, 2.45) is 5.84 Å². The lowest BCUT2D eigenvalue weighted by Crippen LogP contribution is -2.11. The molecule has 0 fully saturated rings. The molecule has 8 nitrogen and oxygen atoms in total. The van der Waals surface area contributed by atoms with Crippen molar-refractivity contribution in [3.8, 4) is 17.2 Å². The van der Waals surface area contributed by atoms with Crippen LogP contribution in [-0.4, -0.2) is 31.3 Å². The molecule has 0 bridgehead atoms. The molecular weight excluding hydrogens is 274 g/mol. The minimum absolute atomic E-state index is 0.372. The second-order valence-corrected chi connectivity index (χ2v) is 3.94. The molecule has 0 aliphatic rings. The molecule has 0 spiro atoms. The van der Waals surface area contributed by atoms with Crippen molar-refractivity contribution >= 4 is 17.3 Å². The number of methoxy groups -OCH3 is 3. The molecule has 0 radical (unpaired) electrons. The molecule has 1 aromatic carbocycles. The van der Waals surface area contributed by atoms with Crippen LogP contribution in [0.25, 0.3) is 0 Å². The maximum Gasteiger partial charge on any atom is 0.205 e. The number of nitrogens with zero attached hydrogens (tertiary/aromatic N) is 2. The molecule has 112 valence electrons. The Labute approximate surface area is 122 Å². The number of nitrogens with two attached hydrogens (primary N) is 1. The third-order valence-electron chi connectivity index (χ3n) is 2.80. The van der Waals surface area contributed by atoms with Crippen LogP contribution < -0.4 is 30.8 Å². The first-order valence-corrected chi connectivity index (χ1v) is 6.08. The van der Waals surface area contributed by atoms with Gasteiger partial charge in [-0.15, -0.1) is 0 Å². The van der Waals surface area contributed by atoms with E-state index < -0.39 is 0 Å². The third-order valence-corrected chi connectivity index (χ3v) is 2.80. The Morgan fingerprint density at radius 2 is 1.76 bits per heavy atom. The van der Waals surface area contributed by atoms with Crippen molar-refractivity contribution in [1.29, 1.82) is 0 Å². The average molecular weight is 291 g/mol. The van der Waals surface area contributed by atoms with E-state index >= 15 is 0 Å². The first kappa shape index (κ1) is 14.7. The summed E-state index contributed by atoms with van der Waals surface area (Å²) in [5.74, 6) is 7.94. The predicted molar refractivity (Wildman–Crippen MR) is 79.2 cm³/mol. The number of hydrazine groups is 1. The Hall–Kier alpha value is -2.74. The fourth-order valence-electron chi connectivity index (χ4n) is 1.80. The molecule has 0 aliphatic heterocycles. The quantitative estimate of drug-likeness (QED) is 0.544. The second-order valence-electron chi connectivity index (χ2n) is 3.94. The highest BCUT2D eigenvalue weighted by atomic mass is 16.5. The maximum absolute atomic E-state index is 5.40. The first-order valence-electron chi connectivity index (χ1n) is 6.08. The molecular formula is C13H17N5O3. The molecule has 21 heavy (non-hydrogen) atoms. The number of ether oxygens (including phenoxy) is 3. The molecule has 4 N–H and O–H groups in total. The van der Waals surface area contributed by atoms with E-state index in [9.17, 15) is 0 Å². The van der Waals surface area contributed by atoms with Gasteiger partial charge in [0.05, 0.1) is 27.0 Å². The summed E-state index contributed by atoms with van der Waals surface area (Å²) in [4.78, 5) is 8.12. The predicted octanol–water partition coefficient (Wildman–Crippen LogP) is 1.53. The van der Waals surface area contributed by atoms with Gasteiger partial charge in [-0.25, -0.2) is 15.8 Å². The summed E-state index contributed by atoms with van der Waals surface area (Å²) >= 11 is 0. The van der Waals surface area contributed by atoms with Gasteiger partial charge < -0.3 is 25.0 Å². The lowest BCUT2D eigenvalue weighted by atomic mass is 10.2.